The van der Waals surface area contributed by atoms with Gasteiger partial charge in [0.1, 0.15) is 6.10 Å². The van der Waals surface area contributed by atoms with Crippen molar-refractivity contribution in [1.82, 2.24) is 0 Å². The maximum atomic E-state index is 11.5. The third-order valence-electron chi connectivity index (χ3n) is 11.4. The highest BCUT2D eigenvalue weighted by molar-refractivity contribution is 6.74. The van der Waals surface area contributed by atoms with Crippen molar-refractivity contribution < 1.29 is 14.0 Å². The average molecular weight is 561 g/mol. The van der Waals surface area contributed by atoms with Crippen molar-refractivity contribution in [3.05, 3.63) is 12.7 Å². The predicted octanol–water partition coefficient (Wildman–Crippen LogP) is 8.95. The van der Waals surface area contributed by atoms with Gasteiger partial charge in [-0.05, 0) is 85.6 Å². The van der Waals surface area contributed by atoms with Crippen LogP contribution in [0.1, 0.15) is 99.8 Å². The van der Waals surface area contributed by atoms with Gasteiger partial charge in [-0.2, -0.15) is 0 Å². The summed E-state index contributed by atoms with van der Waals surface area (Å²) in [4.78, 5) is 0. The highest BCUT2D eigenvalue weighted by Gasteiger charge is 2.63. The quantitative estimate of drug-likeness (QED) is 0.183. The Kier molecular flexibility index (Phi) is 9.70. The summed E-state index contributed by atoms with van der Waals surface area (Å²) in [5.41, 5.74) is -0.762. The zero-order valence-corrected chi connectivity index (χ0v) is 28.7. The van der Waals surface area contributed by atoms with E-state index in [1.807, 2.05) is 6.08 Å². The fourth-order valence-electron chi connectivity index (χ4n) is 6.93. The van der Waals surface area contributed by atoms with Crippen molar-refractivity contribution in [2.24, 2.45) is 29.6 Å². The summed E-state index contributed by atoms with van der Waals surface area (Å²) in [5, 5.41) is 11.8. The SMILES string of the molecule is C=CC1(O)C(CC)[C@H]2[C@H](C#C[C@H](CC3CCCC3)O[Si](C)(C)C(C)(C)C)[C@@H](O[Si](C)(C)C(C)(C)C)CC[C@H]21. The van der Waals surface area contributed by atoms with Crippen molar-refractivity contribution in [2.75, 3.05) is 0 Å². The molecule has 218 valence electrons. The van der Waals surface area contributed by atoms with Crippen molar-refractivity contribution in [2.45, 2.75) is 154 Å². The third kappa shape index (κ3) is 6.41. The molecular formula is C33H60O3Si2. The van der Waals surface area contributed by atoms with E-state index < -0.39 is 22.2 Å². The van der Waals surface area contributed by atoms with E-state index in [0.717, 1.165) is 31.6 Å². The molecule has 0 radical (unpaired) electrons. The van der Waals surface area contributed by atoms with Gasteiger partial charge in [0.25, 0.3) is 0 Å². The van der Waals surface area contributed by atoms with E-state index in [2.05, 4.69) is 93.1 Å². The molecule has 3 nitrogen and oxygen atoms in total. The number of aliphatic hydroxyl groups is 1. The Morgan fingerprint density at radius 2 is 1.55 bits per heavy atom. The minimum atomic E-state index is -1.96. The van der Waals surface area contributed by atoms with E-state index >= 15 is 0 Å². The molecule has 0 bridgehead atoms. The molecule has 3 aliphatic carbocycles. The van der Waals surface area contributed by atoms with Crippen LogP contribution in [0.4, 0.5) is 0 Å². The van der Waals surface area contributed by atoms with Crippen LogP contribution >= 0.6 is 0 Å². The summed E-state index contributed by atoms with van der Waals surface area (Å²) in [6.07, 6.45) is 11.2. The number of fused-ring (bicyclic) bond motifs is 1. The van der Waals surface area contributed by atoms with Gasteiger partial charge in [0.15, 0.2) is 16.6 Å². The molecule has 5 heteroatoms. The van der Waals surface area contributed by atoms with Crippen LogP contribution in [0.5, 0.6) is 0 Å². The van der Waals surface area contributed by atoms with E-state index in [1.165, 1.54) is 25.7 Å². The second-order valence-corrected chi connectivity index (χ2v) is 25.4. The molecule has 0 aromatic rings. The first-order valence-electron chi connectivity index (χ1n) is 15.6. The minimum Gasteiger partial charge on any atom is -0.413 e. The lowest BCUT2D eigenvalue weighted by molar-refractivity contribution is -0.206. The molecule has 0 saturated heterocycles. The first-order valence-corrected chi connectivity index (χ1v) is 21.4. The molecular weight excluding hydrogens is 501 g/mol. The minimum absolute atomic E-state index is 0.00803. The largest absolute Gasteiger partial charge is 0.413 e. The van der Waals surface area contributed by atoms with E-state index in [4.69, 9.17) is 8.85 Å². The Labute approximate surface area is 238 Å². The smallest absolute Gasteiger partial charge is 0.193 e. The summed E-state index contributed by atoms with van der Waals surface area (Å²) in [6, 6.07) is 0. The molecule has 3 fully saturated rings. The molecule has 0 aliphatic heterocycles. The van der Waals surface area contributed by atoms with Gasteiger partial charge in [0.05, 0.1) is 11.7 Å². The van der Waals surface area contributed by atoms with Crippen LogP contribution in [-0.2, 0) is 8.85 Å². The van der Waals surface area contributed by atoms with Crippen LogP contribution in [0.15, 0.2) is 12.7 Å². The molecule has 7 atom stereocenters. The van der Waals surface area contributed by atoms with Crippen molar-refractivity contribution in [1.29, 1.82) is 0 Å². The Morgan fingerprint density at radius 1 is 0.974 bits per heavy atom. The molecule has 3 saturated carbocycles. The normalized spacial score (nSPS) is 33.6. The highest BCUT2D eigenvalue weighted by Crippen LogP contribution is 2.60. The number of hydrogen-bond donors (Lipinski definition) is 1. The first-order chi connectivity index (χ1) is 17.4. The summed E-state index contributed by atoms with van der Waals surface area (Å²) in [5.74, 6) is 9.28. The predicted molar refractivity (Wildman–Crippen MR) is 167 cm³/mol. The van der Waals surface area contributed by atoms with Gasteiger partial charge in [0.2, 0.25) is 0 Å². The van der Waals surface area contributed by atoms with Crippen molar-refractivity contribution in [3.63, 3.8) is 0 Å². The molecule has 0 spiro atoms. The molecule has 0 aromatic heterocycles. The maximum Gasteiger partial charge on any atom is 0.193 e. The molecule has 1 N–H and O–H groups in total. The average Bonchev–Trinajstić information content (AvgIpc) is 3.29. The van der Waals surface area contributed by atoms with Gasteiger partial charge in [-0.25, -0.2) is 0 Å². The fraction of sp³-hybridized carbons (Fsp3) is 0.879. The van der Waals surface area contributed by atoms with Gasteiger partial charge in [-0.3, -0.25) is 0 Å². The van der Waals surface area contributed by atoms with Crippen molar-refractivity contribution in [3.8, 4) is 11.8 Å². The number of hydrogen-bond acceptors (Lipinski definition) is 3. The summed E-state index contributed by atoms with van der Waals surface area (Å²) < 4.78 is 14.1. The Morgan fingerprint density at radius 3 is 2.05 bits per heavy atom. The first kappa shape index (κ1) is 32.1. The van der Waals surface area contributed by atoms with Crippen LogP contribution in [0.3, 0.4) is 0 Å². The second-order valence-electron chi connectivity index (χ2n) is 15.9. The van der Waals surface area contributed by atoms with Crippen LogP contribution in [0.25, 0.3) is 0 Å². The van der Waals surface area contributed by atoms with E-state index in [0.29, 0.717) is 5.92 Å². The van der Waals surface area contributed by atoms with E-state index in [9.17, 15) is 5.11 Å². The standard InChI is InChI=1S/C33H60O3Si2/c1-13-27-30-26(20-19-25(23-24-17-15-16-18-24)35-37(9,10)31(3,4)5)29(36-38(11,12)32(6,7)8)22-21-28(30)33(27,34)14-2/h14,24-30,34H,2,13,15-18,21-23H2,1,3-12H3/t25-,26-,27?,28-,29+,30-,33?/m1/s1. The zero-order chi connectivity index (χ0) is 28.7. The van der Waals surface area contributed by atoms with Gasteiger partial charge in [-0.15, -0.1) is 6.58 Å². The lowest BCUT2D eigenvalue weighted by Crippen LogP contribution is -2.67. The lowest BCUT2D eigenvalue weighted by Gasteiger charge is -2.63. The monoisotopic (exact) mass is 560 g/mol. The van der Waals surface area contributed by atoms with E-state index in [-0.39, 0.29) is 40.0 Å². The second kappa shape index (κ2) is 11.5. The molecule has 0 heterocycles. The summed E-state index contributed by atoms with van der Waals surface area (Å²) in [6.45, 7) is 29.7. The van der Waals surface area contributed by atoms with Gasteiger partial charge < -0.3 is 14.0 Å². The molecule has 0 aromatic carbocycles. The van der Waals surface area contributed by atoms with Crippen LogP contribution in [-0.4, -0.2) is 39.6 Å². The maximum absolute atomic E-state index is 11.5. The highest BCUT2D eigenvalue weighted by atomic mass is 28.4. The molecule has 3 rings (SSSR count). The van der Waals surface area contributed by atoms with Crippen molar-refractivity contribution >= 4 is 16.6 Å². The van der Waals surface area contributed by atoms with Crippen LogP contribution in [0, 0.1) is 41.4 Å². The van der Waals surface area contributed by atoms with Gasteiger partial charge >= 0.3 is 0 Å². The van der Waals surface area contributed by atoms with Crippen LogP contribution in [0.2, 0.25) is 36.3 Å². The summed E-state index contributed by atoms with van der Waals surface area (Å²) >= 11 is 0. The fourth-order valence-corrected chi connectivity index (χ4v) is 9.53. The van der Waals surface area contributed by atoms with Gasteiger partial charge in [0, 0.05) is 5.92 Å². The lowest BCUT2D eigenvalue weighted by atomic mass is 9.45. The molecule has 38 heavy (non-hydrogen) atoms. The third-order valence-corrected chi connectivity index (χ3v) is 20.4. The Bertz CT molecular complexity index is 873. The Hall–Kier alpha value is -0.386. The number of rotatable bonds is 8. The van der Waals surface area contributed by atoms with E-state index in [1.54, 1.807) is 0 Å². The topological polar surface area (TPSA) is 38.7 Å². The Balaban J connectivity index is 1.97. The summed E-state index contributed by atoms with van der Waals surface area (Å²) in [7, 11) is -3.91. The molecule has 2 unspecified atom stereocenters. The molecule has 0 amide bonds. The van der Waals surface area contributed by atoms with Gasteiger partial charge in [-0.1, -0.05) is 92.1 Å². The zero-order valence-electron chi connectivity index (χ0n) is 26.7. The molecule has 3 aliphatic rings. The van der Waals surface area contributed by atoms with Crippen LogP contribution < -0.4 is 0 Å².